The van der Waals surface area contributed by atoms with Gasteiger partial charge in [0.15, 0.2) is 0 Å². The Kier molecular flexibility index (Phi) is 2.97. The molecular formula is C11H13N3O. The lowest BCUT2D eigenvalue weighted by Crippen LogP contribution is -2.07. The Labute approximate surface area is 88.4 Å². The van der Waals surface area contributed by atoms with Gasteiger partial charge in [0.05, 0.1) is 6.26 Å². The molecule has 1 N–H and O–H groups in total. The number of furan rings is 1. The number of nitrogens with one attached hydrogen (secondary N) is 1. The van der Waals surface area contributed by atoms with Gasteiger partial charge in [0.1, 0.15) is 5.76 Å². The zero-order chi connectivity index (χ0) is 10.5. The highest BCUT2D eigenvalue weighted by Crippen LogP contribution is 2.02. The summed E-state index contributed by atoms with van der Waals surface area (Å²) in [5.41, 5.74) is 0.963. The molecule has 0 bridgehead atoms. The summed E-state index contributed by atoms with van der Waals surface area (Å²) in [4.78, 5) is 8.34. The number of rotatable bonds is 4. The van der Waals surface area contributed by atoms with Crippen molar-refractivity contribution in [2.75, 3.05) is 11.9 Å². The fraction of sp³-hybridized carbons (Fsp3) is 0.273. The van der Waals surface area contributed by atoms with Gasteiger partial charge in [-0.25, -0.2) is 9.97 Å². The van der Waals surface area contributed by atoms with Crippen LogP contribution in [0.5, 0.6) is 0 Å². The molecule has 0 atom stereocenters. The monoisotopic (exact) mass is 203 g/mol. The summed E-state index contributed by atoms with van der Waals surface area (Å²) < 4.78 is 5.21. The van der Waals surface area contributed by atoms with Crippen molar-refractivity contribution in [3.05, 3.63) is 42.1 Å². The van der Waals surface area contributed by atoms with E-state index >= 15 is 0 Å². The first kappa shape index (κ1) is 9.71. The normalized spacial score (nSPS) is 10.2. The molecule has 2 rings (SSSR count). The van der Waals surface area contributed by atoms with Gasteiger partial charge in [-0.15, -0.1) is 0 Å². The number of aromatic nitrogens is 2. The third kappa shape index (κ3) is 2.80. The Morgan fingerprint density at radius 3 is 3.07 bits per heavy atom. The molecule has 4 heteroatoms. The summed E-state index contributed by atoms with van der Waals surface area (Å²) in [6, 6.07) is 5.72. The summed E-state index contributed by atoms with van der Waals surface area (Å²) in [5, 5.41) is 3.14. The van der Waals surface area contributed by atoms with E-state index in [4.69, 9.17) is 4.42 Å². The summed E-state index contributed by atoms with van der Waals surface area (Å²) >= 11 is 0. The summed E-state index contributed by atoms with van der Waals surface area (Å²) in [6.45, 7) is 2.72. The van der Waals surface area contributed by atoms with E-state index in [9.17, 15) is 0 Å². The molecule has 0 aromatic carbocycles. The fourth-order valence-corrected chi connectivity index (χ4v) is 1.29. The van der Waals surface area contributed by atoms with E-state index < -0.39 is 0 Å². The van der Waals surface area contributed by atoms with E-state index in [1.807, 2.05) is 25.1 Å². The smallest absolute Gasteiger partial charge is 0.222 e. The van der Waals surface area contributed by atoms with Crippen LogP contribution in [0.3, 0.4) is 0 Å². The van der Waals surface area contributed by atoms with Gasteiger partial charge < -0.3 is 9.73 Å². The molecule has 15 heavy (non-hydrogen) atoms. The van der Waals surface area contributed by atoms with Crippen LogP contribution in [0.4, 0.5) is 5.95 Å². The van der Waals surface area contributed by atoms with E-state index in [1.165, 1.54) is 0 Å². The predicted octanol–water partition coefficient (Wildman–Crippen LogP) is 2.03. The molecule has 0 radical (unpaired) electrons. The number of hydrogen-bond acceptors (Lipinski definition) is 4. The predicted molar refractivity (Wildman–Crippen MR) is 57.7 cm³/mol. The Morgan fingerprint density at radius 2 is 2.33 bits per heavy atom. The van der Waals surface area contributed by atoms with E-state index in [0.29, 0.717) is 5.95 Å². The Hall–Kier alpha value is -1.84. The number of nitrogens with zero attached hydrogens (tertiary/aromatic N) is 2. The molecule has 0 aliphatic heterocycles. The van der Waals surface area contributed by atoms with Gasteiger partial charge in [-0.3, -0.25) is 0 Å². The quantitative estimate of drug-likeness (QED) is 0.826. The fourth-order valence-electron chi connectivity index (χ4n) is 1.29. The largest absolute Gasteiger partial charge is 0.469 e. The van der Waals surface area contributed by atoms with Crippen LogP contribution in [-0.2, 0) is 6.42 Å². The van der Waals surface area contributed by atoms with Crippen LogP contribution in [0.1, 0.15) is 11.5 Å². The van der Waals surface area contributed by atoms with Crippen LogP contribution in [0.25, 0.3) is 0 Å². The number of hydrogen-bond donors (Lipinski definition) is 1. The topological polar surface area (TPSA) is 51.0 Å². The zero-order valence-electron chi connectivity index (χ0n) is 8.60. The maximum Gasteiger partial charge on any atom is 0.222 e. The van der Waals surface area contributed by atoms with Crippen molar-refractivity contribution < 1.29 is 4.42 Å². The van der Waals surface area contributed by atoms with E-state index in [-0.39, 0.29) is 0 Å². The highest BCUT2D eigenvalue weighted by atomic mass is 16.3. The molecule has 0 fully saturated rings. The van der Waals surface area contributed by atoms with E-state index in [1.54, 1.807) is 12.5 Å². The van der Waals surface area contributed by atoms with E-state index in [0.717, 1.165) is 24.4 Å². The van der Waals surface area contributed by atoms with Crippen LogP contribution >= 0.6 is 0 Å². The van der Waals surface area contributed by atoms with Gasteiger partial charge in [0, 0.05) is 24.9 Å². The van der Waals surface area contributed by atoms with Crippen molar-refractivity contribution in [2.24, 2.45) is 0 Å². The van der Waals surface area contributed by atoms with Crippen molar-refractivity contribution in [2.45, 2.75) is 13.3 Å². The molecule has 4 nitrogen and oxygen atoms in total. The second-order valence-corrected chi connectivity index (χ2v) is 3.28. The van der Waals surface area contributed by atoms with Gasteiger partial charge in [-0.1, -0.05) is 0 Å². The molecule has 0 unspecified atom stereocenters. The molecule has 0 spiro atoms. The average molecular weight is 203 g/mol. The van der Waals surface area contributed by atoms with Crippen molar-refractivity contribution in [1.82, 2.24) is 9.97 Å². The molecule has 0 saturated carbocycles. The molecule has 2 aromatic rings. The molecule has 0 aliphatic carbocycles. The Morgan fingerprint density at radius 1 is 1.40 bits per heavy atom. The highest BCUT2D eigenvalue weighted by Gasteiger charge is 1.97. The lowest BCUT2D eigenvalue weighted by molar-refractivity contribution is 0.512. The second-order valence-electron chi connectivity index (χ2n) is 3.28. The highest BCUT2D eigenvalue weighted by molar-refractivity contribution is 5.24. The summed E-state index contributed by atoms with van der Waals surface area (Å²) in [6.07, 6.45) is 4.26. The van der Waals surface area contributed by atoms with Gasteiger partial charge >= 0.3 is 0 Å². The second kappa shape index (κ2) is 4.59. The first-order chi connectivity index (χ1) is 7.34. The Bertz CT molecular complexity index is 412. The minimum Gasteiger partial charge on any atom is -0.469 e. The minimum absolute atomic E-state index is 0.668. The van der Waals surface area contributed by atoms with Crippen molar-refractivity contribution in [3.63, 3.8) is 0 Å². The molecule has 2 heterocycles. The first-order valence-corrected chi connectivity index (χ1v) is 4.90. The Balaban J connectivity index is 1.83. The van der Waals surface area contributed by atoms with Gasteiger partial charge in [0.25, 0.3) is 0 Å². The molecule has 2 aromatic heterocycles. The summed E-state index contributed by atoms with van der Waals surface area (Å²) in [7, 11) is 0. The van der Waals surface area contributed by atoms with Gasteiger partial charge in [-0.2, -0.15) is 0 Å². The molecule has 0 saturated heterocycles. The standard InChI is InChI=1S/C11H13N3O/c1-9-4-6-12-11(14-9)13-7-5-10-3-2-8-15-10/h2-4,6,8H,5,7H2,1H3,(H,12,13,14). The molecule has 0 amide bonds. The van der Waals surface area contributed by atoms with Crippen molar-refractivity contribution in [3.8, 4) is 0 Å². The molecular weight excluding hydrogens is 190 g/mol. The number of aryl methyl sites for hydroxylation is 1. The molecule has 78 valence electrons. The number of anilines is 1. The van der Waals surface area contributed by atoms with E-state index in [2.05, 4.69) is 15.3 Å². The molecule has 0 aliphatic rings. The lowest BCUT2D eigenvalue weighted by atomic mass is 10.3. The van der Waals surface area contributed by atoms with Crippen LogP contribution in [0, 0.1) is 6.92 Å². The average Bonchev–Trinajstić information content (AvgIpc) is 2.71. The van der Waals surface area contributed by atoms with Crippen molar-refractivity contribution in [1.29, 1.82) is 0 Å². The van der Waals surface area contributed by atoms with Crippen LogP contribution in [0.15, 0.2) is 35.1 Å². The van der Waals surface area contributed by atoms with Crippen LogP contribution in [-0.4, -0.2) is 16.5 Å². The van der Waals surface area contributed by atoms with Gasteiger partial charge in [0.2, 0.25) is 5.95 Å². The maximum absolute atomic E-state index is 5.21. The van der Waals surface area contributed by atoms with Crippen LogP contribution < -0.4 is 5.32 Å². The van der Waals surface area contributed by atoms with Crippen molar-refractivity contribution >= 4 is 5.95 Å². The summed E-state index contributed by atoms with van der Waals surface area (Å²) in [5.74, 6) is 1.64. The zero-order valence-corrected chi connectivity index (χ0v) is 8.60. The van der Waals surface area contributed by atoms with Gasteiger partial charge in [-0.05, 0) is 25.1 Å². The minimum atomic E-state index is 0.668. The third-order valence-corrected chi connectivity index (χ3v) is 2.03. The van der Waals surface area contributed by atoms with Crippen LogP contribution in [0.2, 0.25) is 0 Å². The third-order valence-electron chi connectivity index (χ3n) is 2.03. The lowest BCUT2D eigenvalue weighted by Gasteiger charge is -2.03. The first-order valence-electron chi connectivity index (χ1n) is 4.90. The maximum atomic E-state index is 5.21. The SMILES string of the molecule is Cc1ccnc(NCCc2ccco2)n1.